The number of rotatable bonds is 27. The summed E-state index contributed by atoms with van der Waals surface area (Å²) in [4.78, 5) is 0. The van der Waals surface area contributed by atoms with E-state index in [1.54, 1.807) is 0 Å². The van der Waals surface area contributed by atoms with E-state index in [9.17, 15) is 0 Å². The summed E-state index contributed by atoms with van der Waals surface area (Å²) in [5.74, 6) is 2.94. The highest BCUT2D eigenvalue weighted by Crippen LogP contribution is 2.35. The van der Waals surface area contributed by atoms with Crippen molar-refractivity contribution in [3.8, 4) is 0 Å². The summed E-state index contributed by atoms with van der Waals surface area (Å²) in [5.41, 5.74) is 0. The highest BCUT2D eigenvalue weighted by atomic mass is 14.3. The van der Waals surface area contributed by atoms with Crippen LogP contribution in [0.4, 0.5) is 0 Å². The van der Waals surface area contributed by atoms with Crippen molar-refractivity contribution in [3.05, 3.63) is 5.92 Å². The van der Waals surface area contributed by atoms with E-state index in [1.165, 1.54) is 167 Å². The normalized spacial score (nSPS) is 12.7. The lowest BCUT2D eigenvalue weighted by atomic mass is 9.78. The van der Waals surface area contributed by atoms with Gasteiger partial charge in [0.05, 0.1) is 0 Å². The summed E-state index contributed by atoms with van der Waals surface area (Å²) in [6.07, 6.45) is 37.7. The molecule has 0 spiro atoms. The van der Waals surface area contributed by atoms with Crippen LogP contribution >= 0.6 is 0 Å². The molecule has 0 aliphatic heterocycles. The van der Waals surface area contributed by atoms with E-state index in [0.717, 1.165) is 5.92 Å². The van der Waals surface area contributed by atoms with Crippen molar-refractivity contribution in [3.63, 3.8) is 0 Å². The lowest BCUT2D eigenvalue weighted by molar-refractivity contribution is 0.373. The van der Waals surface area contributed by atoms with Crippen LogP contribution in [0.5, 0.6) is 0 Å². The average Bonchev–Trinajstić information content (AvgIpc) is 2.80. The second kappa shape index (κ2) is 27.2. The van der Waals surface area contributed by atoms with Crippen molar-refractivity contribution in [2.75, 3.05) is 0 Å². The van der Waals surface area contributed by atoms with Crippen LogP contribution in [0.2, 0.25) is 0 Å². The van der Waals surface area contributed by atoms with E-state index in [1.807, 2.05) is 5.92 Å². The Bertz CT molecular complexity index is 308. The van der Waals surface area contributed by atoms with Crippen LogP contribution in [-0.2, 0) is 0 Å². The minimum absolute atomic E-state index is 0.948. The van der Waals surface area contributed by atoms with Crippen LogP contribution in [0.1, 0.15) is 195 Å². The summed E-state index contributed by atoms with van der Waals surface area (Å²) >= 11 is 0. The van der Waals surface area contributed by atoms with Crippen LogP contribution in [0.15, 0.2) is 0 Å². The minimum atomic E-state index is 0.948. The maximum absolute atomic E-state index is 2.35. The van der Waals surface area contributed by atoms with Gasteiger partial charge in [-0.1, -0.05) is 169 Å². The van der Waals surface area contributed by atoms with Gasteiger partial charge in [-0.2, -0.15) is 0 Å². The topological polar surface area (TPSA) is 0 Å². The Morgan fingerprint density at radius 3 is 1.00 bits per heavy atom. The van der Waals surface area contributed by atoms with E-state index >= 15 is 0 Å². The first-order valence-corrected chi connectivity index (χ1v) is 15.6. The van der Waals surface area contributed by atoms with Crippen LogP contribution in [0.25, 0.3) is 0 Å². The zero-order valence-electron chi connectivity index (χ0n) is 23.5. The fourth-order valence-electron chi connectivity index (χ4n) is 5.34. The van der Waals surface area contributed by atoms with Gasteiger partial charge >= 0.3 is 0 Å². The summed E-state index contributed by atoms with van der Waals surface area (Å²) in [6.45, 7) is 9.35. The zero-order valence-corrected chi connectivity index (χ0v) is 23.5. The van der Waals surface area contributed by atoms with Crippen molar-refractivity contribution in [1.82, 2.24) is 0 Å². The molecule has 1 atom stereocenters. The second-order valence-corrected chi connectivity index (χ2v) is 10.8. The summed E-state index contributed by atoms with van der Waals surface area (Å²) in [6, 6.07) is 0. The zero-order chi connectivity index (χ0) is 23.5. The maximum atomic E-state index is 2.35. The predicted molar refractivity (Wildman–Crippen MR) is 149 cm³/mol. The molecule has 1 radical (unpaired) electrons. The molecule has 0 saturated heterocycles. The molecule has 0 N–H and O–H groups in total. The molecule has 0 heteroatoms. The molecule has 32 heavy (non-hydrogen) atoms. The van der Waals surface area contributed by atoms with Gasteiger partial charge in [0.25, 0.3) is 0 Å². The Kier molecular flexibility index (Phi) is 27.2. The molecular weight excluding hydrogens is 384 g/mol. The number of unbranched alkanes of at least 4 members (excludes halogenated alkanes) is 18. The van der Waals surface area contributed by atoms with Gasteiger partial charge in [0.15, 0.2) is 0 Å². The first kappa shape index (κ1) is 32.0. The lowest BCUT2D eigenvalue weighted by Gasteiger charge is -2.27. The van der Waals surface area contributed by atoms with Gasteiger partial charge in [-0.3, -0.25) is 0 Å². The quantitative estimate of drug-likeness (QED) is 0.109. The Morgan fingerprint density at radius 1 is 0.344 bits per heavy atom. The Labute approximate surface area is 206 Å². The second-order valence-electron chi connectivity index (χ2n) is 10.8. The fourth-order valence-corrected chi connectivity index (χ4v) is 5.34. The van der Waals surface area contributed by atoms with Gasteiger partial charge in [0.2, 0.25) is 0 Å². The smallest absolute Gasteiger partial charge is 0.0210 e. The lowest BCUT2D eigenvalue weighted by Crippen LogP contribution is -2.14. The van der Waals surface area contributed by atoms with Gasteiger partial charge in [-0.05, 0) is 37.5 Å². The predicted octanol–water partition coefficient (Wildman–Crippen LogP) is 12.4. The minimum Gasteiger partial charge on any atom is -0.0654 e. The third-order valence-electron chi connectivity index (χ3n) is 7.59. The van der Waals surface area contributed by atoms with Crippen LogP contribution in [0, 0.1) is 11.8 Å². The molecule has 193 valence electrons. The SMILES string of the molecule is CCCCCCCCCCCCC(CCCCCC)[C](CCCCCC)CCCCCC. The summed E-state index contributed by atoms with van der Waals surface area (Å²) in [7, 11) is 0. The molecule has 0 bridgehead atoms. The van der Waals surface area contributed by atoms with Crippen LogP contribution in [0.3, 0.4) is 0 Å². The molecule has 0 heterocycles. The summed E-state index contributed by atoms with van der Waals surface area (Å²) in [5, 5.41) is 0. The van der Waals surface area contributed by atoms with Gasteiger partial charge < -0.3 is 0 Å². The highest BCUT2D eigenvalue weighted by molar-refractivity contribution is 4.96. The molecule has 0 fully saturated rings. The standard InChI is InChI=1S/C32H65/c1-5-9-13-17-18-19-20-21-22-26-30-32(29-25-16-12-8-4)31(27-23-14-10-6-2)28-24-15-11-7-3/h32H,5-30H2,1-4H3. The van der Waals surface area contributed by atoms with Crippen molar-refractivity contribution in [2.45, 2.75) is 195 Å². The third-order valence-corrected chi connectivity index (χ3v) is 7.59. The van der Waals surface area contributed by atoms with Crippen molar-refractivity contribution in [1.29, 1.82) is 0 Å². The molecule has 0 saturated carbocycles. The molecule has 0 nitrogen and oxygen atoms in total. The molecule has 0 aromatic carbocycles. The molecule has 1 unspecified atom stereocenters. The monoisotopic (exact) mass is 450 g/mol. The largest absolute Gasteiger partial charge is 0.0654 e. The average molecular weight is 450 g/mol. The van der Waals surface area contributed by atoms with E-state index < -0.39 is 0 Å². The number of hydrogen-bond donors (Lipinski definition) is 0. The molecule has 0 aliphatic rings. The number of hydrogen-bond acceptors (Lipinski definition) is 0. The Balaban J connectivity index is 4.39. The van der Waals surface area contributed by atoms with E-state index in [0.29, 0.717) is 0 Å². The molecule has 0 aromatic rings. The van der Waals surface area contributed by atoms with E-state index in [4.69, 9.17) is 0 Å². The third kappa shape index (κ3) is 21.8. The van der Waals surface area contributed by atoms with Gasteiger partial charge in [-0.25, -0.2) is 0 Å². The van der Waals surface area contributed by atoms with E-state index in [2.05, 4.69) is 27.7 Å². The Morgan fingerprint density at radius 2 is 0.625 bits per heavy atom. The van der Waals surface area contributed by atoms with Crippen LogP contribution in [-0.4, -0.2) is 0 Å². The van der Waals surface area contributed by atoms with Crippen molar-refractivity contribution >= 4 is 0 Å². The van der Waals surface area contributed by atoms with Crippen molar-refractivity contribution < 1.29 is 0 Å². The highest BCUT2D eigenvalue weighted by Gasteiger charge is 2.21. The first-order valence-electron chi connectivity index (χ1n) is 15.6. The fraction of sp³-hybridized carbons (Fsp3) is 0.969. The first-order chi connectivity index (χ1) is 15.8. The van der Waals surface area contributed by atoms with Gasteiger partial charge in [0, 0.05) is 0 Å². The van der Waals surface area contributed by atoms with Crippen LogP contribution < -0.4 is 0 Å². The molecule has 0 rings (SSSR count). The molecule has 0 aromatic heterocycles. The summed E-state index contributed by atoms with van der Waals surface area (Å²) < 4.78 is 0. The Hall–Kier alpha value is 0. The molecule has 0 amide bonds. The molecular formula is C32H65. The van der Waals surface area contributed by atoms with Crippen molar-refractivity contribution in [2.24, 2.45) is 5.92 Å². The van der Waals surface area contributed by atoms with E-state index in [-0.39, 0.29) is 0 Å². The maximum Gasteiger partial charge on any atom is -0.0210 e. The molecule has 0 aliphatic carbocycles. The van der Waals surface area contributed by atoms with Gasteiger partial charge in [-0.15, -0.1) is 0 Å². The van der Waals surface area contributed by atoms with Gasteiger partial charge in [0.1, 0.15) is 0 Å².